The molecule has 39 heavy (non-hydrogen) atoms. The number of ketones is 1. The lowest BCUT2D eigenvalue weighted by atomic mass is 9.91. The standard InChI is InChI=1S/C30H32FN3O5/c31-27-14-21(7-8-26(27)24(17-35)15-28-29(38)30(39)33-19-32-28)4-1-20-2-5-23(6-3-20)16-34-11-9-22(10-12-34)13-25(37)18-36/h2-3,5-8,14,19,22,24,35-36,38H,9-13,15-18H2,(H,32,33,39). The molecule has 0 bridgehead atoms. The molecule has 1 aliphatic rings. The largest absolute Gasteiger partial charge is 0.502 e. The maximum absolute atomic E-state index is 14.9. The number of hydrogen-bond donors (Lipinski definition) is 4. The molecule has 1 aliphatic heterocycles. The van der Waals surface area contributed by atoms with Crippen LogP contribution in [0.3, 0.4) is 0 Å². The molecule has 1 fully saturated rings. The minimum absolute atomic E-state index is 0.00193. The third-order valence-corrected chi connectivity index (χ3v) is 7.12. The predicted molar refractivity (Wildman–Crippen MR) is 144 cm³/mol. The minimum Gasteiger partial charge on any atom is -0.502 e. The quantitative estimate of drug-likeness (QED) is 0.311. The number of hydrogen-bond acceptors (Lipinski definition) is 7. The number of aliphatic hydroxyl groups excluding tert-OH is 2. The predicted octanol–water partition coefficient (Wildman–Crippen LogP) is 2.50. The first kappa shape index (κ1) is 28.2. The Hall–Kier alpha value is -3.84. The van der Waals surface area contributed by atoms with Gasteiger partial charge in [-0.3, -0.25) is 14.5 Å². The first-order chi connectivity index (χ1) is 18.9. The number of aromatic nitrogens is 2. The molecule has 9 heteroatoms. The van der Waals surface area contributed by atoms with Gasteiger partial charge >= 0.3 is 0 Å². The van der Waals surface area contributed by atoms with Gasteiger partial charge < -0.3 is 20.3 Å². The van der Waals surface area contributed by atoms with E-state index in [0.717, 1.165) is 49.9 Å². The molecule has 4 rings (SSSR count). The van der Waals surface area contributed by atoms with Crippen molar-refractivity contribution in [2.75, 3.05) is 26.3 Å². The fourth-order valence-electron chi connectivity index (χ4n) is 4.85. The molecule has 1 aromatic heterocycles. The number of nitrogens with one attached hydrogen (secondary N) is 1. The van der Waals surface area contributed by atoms with Crippen molar-refractivity contribution in [3.05, 3.63) is 92.9 Å². The van der Waals surface area contributed by atoms with Gasteiger partial charge in [-0.2, -0.15) is 0 Å². The van der Waals surface area contributed by atoms with Crippen LogP contribution in [0.1, 0.15) is 53.1 Å². The van der Waals surface area contributed by atoms with Crippen molar-refractivity contribution in [1.29, 1.82) is 0 Å². The number of likely N-dealkylation sites (tertiary alicyclic amines) is 1. The monoisotopic (exact) mass is 533 g/mol. The van der Waals surface area contributed by atoms with Crippen molar-refractivity contribution in [2.45, 2.75) is 38.1 Å². The highest BCUT2D eigenvalue weighted by molar-refractivity contribution is 5.79. The van der Waals surface area contributed by atoms with Crippen LogP contribution in [0.25, 0.3) is 0 Å². The number of halogens is 1. The lowest BCUT2D eigenvalue weighted by molar-refractivity contribution is -0.123. The van der Waals surface area contributed by atoms with Gasteiger partial charge in [0.25, 0.3) is 5.56 Å². The van der Waals surface area contributed by atoms with E-state index >= 15 is 0 Å². The van der Waals surface area contributed by atoms with E-state index in [2.05, 4.69) is 26.7 Å². The lowest BCUT2D eigenvalue weighted by Gasteiger charge is -2.31. The number of Topliss-reactive ketones (excluding diaryl/α,β-unsaturated/α-hetero) is 1. The number of nitrogens with zero attached hydrogens (tertiary/aromatic N) is 2. The van der Waals surface area contributed by atoms with E-state index in [4.69, 9.17) is 5.11 Å². The normalized spacial score (nSPS) is 14.9. The summed E-state index contributed by atoms with van der Waals surface area (Å²) in [4.78, 5) is 31.6. The van der Waals surface area contributed by atoms with Crippen LogP contribution in [-0.2, 0) is 17.8 Å². The summed E-state index contributed by atoms with van der Waals surface area (Å²) in [5.41, 5.74) is 2.09. The van der Waals surface area contributed by atoms with Gasteiger partial charge in [0.05, 0.1) is 18.6 Å². The van der Waals surface area contributed by atoms with Crippen LogP contribution in [0.2, 0.25) is 0 Å². The lowest BCUT2D eigenvalue weighted by Crippen LogP contribution is -2.34. The number of aliphatic hydroxyl groups is 2. The summed E-state index contributed by atoms with van der Waals surface area (Å²) >= 11 is 0. The highest BCUT2D eigenvalue weighted by Gasteiger charge is 2.21. The first-order valence-electron chi connectivity index (χ1n) is 13.0. The Bertz CT molecular complexity index is 1400. The minimum atomic E-state index is -0.690. The van der Waals surface area contributed by atoms with Gasteiger partial charge in [-0.05, 0) is 67.2 Å². The van der Waals surface area contributed by atoms with Crippen LogP contribution >= 0.6 is 0 Å². The highest BCUT2D eigenvalue weighted by Crippen LogP contribution is 2.26. The summed E-state index contributed by atoms with van der Waals surface area (Å²) in [6.07, 6.45) is 3.53. The number of aromatic hydroxyl groups is 1. The summed E-state index contributed by atoms with van der Waals surface area (Å²) < 4.78 is 14.9. The van der Waals surface area contributed by atoms with Crippen molar-refractivity contribution < 1.29 is 24.5 Å². The Morgan fingerprint density at radius 3 is 2.46 bits per heavy atom. The zero-order valence-electron chi connectivity index (χ0n) is 21.6. The fraction of sp³-hybridized carbons (Fsp3) is 0.367. The molecule has 0 spiro atoms. The van der Waals surface area contributed by atoms with E-state index in [1.54, 1.807) is 12.1 Å². The van der Waals surface area contributed by atoms with Crippen LogP contribution in [0.5, 0.6) is 5.75 Å². The summed E-state index contributed by atoms with van der Waals surface area (Å²) in [7, 11) is 0. The third-order valence-electron chi connectivity index (χ3n) is 7.12. The molecular weight excluding hydrogens is 501 g/mol. The molecule has 4 N–H and O–H groups in total. The summed E-state index contributed by atoms with van der Waals surface area (Å²) in [5.74, 6) is 4.53. The van der Waals surface area contributed by atoms with E-state index in [0.29, 0.717) is 17.9 Å². The molecule has 0 radical (unpaired) electrons. The SMILES string of the molecule is O=C(CO)CC1CCN(Cc2ccc(C#Cc3ccc(C(CO)Cc4nc[nH]c(=O)c4O)c(F)c3)cc2)CC1. The van der Waals surface area contributed by atoms with E-state index in [1.807, 2.05) is 24.3 Å². The average Bonchev–Trinajstić information content (AvgIpc) is 2.95. The summed E-state index contributed by atoms with van der Waals surface area (Å²) in [5, 5.41) is 28.7. The second-order valence-corrected chi connectivity index (χ2v) is 9.91. The van der Waals surface area contributed by atoms with E-state index in [-0.39, 0.29) is 36.7 Å². The van der Waals surface area contributed by atoms with Crippen molar-refractivity contribution in [3.63, 3.8) is 0 Å². The average molecular weight is 534 g/mol. The van der Waals surface area contributed by atoms with Crippen LogP contribution in [0.4, 0.5) is 4.39 Å². The molecular formula is C30H32FN3O5. The highest BCUT2D eigenvalue weighted by atomic mass is 19.1. The third kappa shape index (κ3) is 7.60. The number of carbonyl (C=O) groups is 1. The van der Waals surface area contributed by atoms with Crippen molar-refractivity contribution in [3.8, 4) is 17.6 Å². The molecule has 3 aromatic rings. The maximum atomic E-state index is 14.9. The van der Waals surface area contributed by atoms with Gasteiger partial charge in [0.15, 0.2) is 5.78 Å². The van der Waals surface area contributed by atoms with Gasteiger partial charge in [0, 0.05) is 36.4 Å². The molecule has 0 saturated carbocycles. The Kier molecular flexibility index (Phi) is 9.60. The van der Waals surface area contributed by atoms with E-state index in [1.165, 1.54) is 6.07 Å². The zero-order chi connectivity index (χ0) is 27.8. The Labute approximate surface area is 226 Å². The zero-order valence-corrected chi connectivity index (χ0v) is 21.6. The number of rotatable bonds is 9. The molecule has 0 aliphatic carbocycles. The topological polar surface area (TPSA) is 127 Å². The molecule has 1 unspecified atom stereocenters. The Morgan fingerprint density at radius 1 is 1.10 bits per heavy atom. The van der Waals surface area contributed by atoms with Gasteiger partial charge in [-0.25, -0.2) is 9.37 Å². The van der Waals surface area contributed by atoms with E-state index < -0.39 is 23.0 Å². The first-order valence-corrected chi connectivity index (χ1v) is 13.0. The van der Waals surface area contributed by atoms with E-state index in [9.17, 15) is 24.2 Å². The molecule has 1 atom stereocenters. The van der Waals surface area contributed by atoms with Crippen molar-refractivity contribution >= 4 is 5.78 Å². The van der Waals surface area contributed by atoms with Crippen LogP contribution < -0.4 is 5.56 Å². The summed E-state index contributed by atoms with van der Waals surface area (Å²) in [6, 6.07) is 12.5. The second-order valence-electron chi connectivity index (χ2n) is 9.91. The van der Waals surface area contributed by atoms with Crippen molar-refractivity contribution in [2.24, 2.45) is 5.92 Å². The van der Waals surface area contributed by atoms with Crippen molar-refractivity contribution in [1.82, 2.24) is 14.9 Å². The Morgan fingerprint density at radius 2 is 1.79 bits per heavy atom. The molecule has 1 saturated heterocycles. The fourth-order valence-corrected chi connectivity index (χ4v) is 4.85. The smallest absolute Gasteiger partial charge is 0.293 e. The Balaban J connectivity index is 1.35. The summed E-state index contributed by atoms with van der Waals surface area (Å²) in [6.45, 7) is 1.90. The number of H-pyrrole nitrogens is 1. The number of aromatic amines is 1. The van der Waals surface area contributed by atoms with Gasteiger partial charge in [0.1, 0.15) is 12.4 Å². The van der Waals surface area contributed by atoms with Gasteiger partial charge in [-0.1, -0.05) is 30.0 Å². The van der Waals surface area contributed by atoms with Crippen LogP contribution in [0.15, 0.2) is 53.6 Å². The molecule has 2 heterocycles. The maximum Gasteiger partial charge on any atom is 0.293 e. The van der Waals surface area contributed by atoms with Crippen LogP contribution in [0, 0.1) is 23.6 Å². The number of carbonyl (C=O) groups excluding carboxylic acids is 1. The van der Waals surface area contributed by atoms with Gasteiger partial charge in [-0.15, -0.1) is 0 Å². The number of benzene rings is 2. The van der Waals surface area contributed by atoms with Gasteiger partial charge in [0.2, 0.25) is 5.75 Å². The second kappa shape index (κ2) is 13.3. The molecule has 0 amide bonds. The molecule has 8 nitrogen and oxygen atoms in total. The molecule has 2 aromatic carbocycles. The number of piperidine rings is 1. The molecule has 204 valence electrons. The van der Waals surface area contributed by atoms with Crippen LogP contribution in [-0.4, -0.2) is 62.3 Å².